The fraction of sp³-hybridized carbons (Fsp3) is 1.00. The maximum atomic E-state index is 6.30. The van der Waals surface area contributed by atoms with Gasteiger partial charge in [0, 0.05) is 6.61 Å². The van der Waals surface area contributed by atoms with Crippen LogP contribution >= 0.6 is 0 Å². The van der Waals surface area contributed by atoms with Crippen LogP contribution in [0.3, 0.4) is 0 Å². The summed E-state index contributed by atoms with van der Waals surface area (Å²) in [4.78, 5) is 0. The lowest BCUT2D eigenvalue weighted by molar-refractivity contribution is -0.0539. The highest BCUT2D eigenvalue weighted by atomic mass is 16.5. The number of ether oxygens (including phenoxy) is 1. The molecule has 0 heterocycles. The van der Waals surface area contributed by atoms with Gasteiger partial charge in [-0.25, -0.2) is 0 Å². The Balaban J connectivity index is 1.37. The minimum atomic E-state index is 0.597. The monoisotopic (exact) mass is 376 g/mol. The van der Waals surface area contributed by atoms with Crippen LogP contribution in [0.4, 0.5) is 0 Å². The number of unbranched alkanes of at least 4 members (excludes halogenated alkanes) is 6. The van der Waals surface area contributed by atoms with E-state index < -0.39 is 0 Å². The van der Waals surface area contributed by atoms with Crippen LogP contribution in [0.5, 0.6) is 0 Å². The van der Waals surface area contributed by atoms with Crippen molar-refractivity contribution in [3.05, 3.63) is 0 Å². The number of hydrogen-bond donors (Lipinski definition) is 0. The lowest BCUT2D eigenvalue weighted by atomic mass is 9.56. The molecule has 3 aliphatic carbocycles. The second-order valence-corrected chi connectivity index (χ2v) is 10.3. The van der Waals surface area contributed by atoms with Gasteiger partial charge in [-0.05, 0) is 81.0 Å². The quantitative estimate of drug-likeness (QED) is 0.330. The number of hydrogen-bond acceptors (Lipinski definition) is 1. The van der Waals surface area contributed by atoms with E-state index in [4.69, 9.17) is 4.74 Å². The molecular formula is C26H48O. The molecular weight excluding hydrogens is 328 g/mol. The summed E-state index contributed by atoms with van der Waals surface area (Å²) in [7, 11) is 0. The zero-order valence-electron chi connectivity index (χ0n) is 18.6. The molecule has 0 aromatic heterocycles. The van der Waals surface area contributed by atoms with Gasteiger partial charge in [0.1, 0.15) is 0 Å². The summed E-state index contributed by atoms with van der Waals surface area (Å²) in [5, 5.41) is 0. The summed E-state index contributed by atoms with van der Waals surface area (Å²) in [6.45, 7) is 5.64. The van der Waals surface area contributed by atoms with Crippen molar-refractivity contribution in [3.63, 3.8) is 0 Å². The smallest absolute Gasteiger partial charge is 0.0578 e. The Kier molecular flexibility index (Phi) is 9.50. The summed E-state index contributed by atoms with van der Waals surface area (Å²) >= 11 is 0. The second kappa shape index (κ2) is 11.8. The van der Waals surface area contributed by atoms with Crippen molar-refractivity contribution in [2.45, 2.75) is 129 Å². The maximum Gasteiger partial charge on any atom is 0.0578 e. The van der Waals surface area contributed by atoms with E-state index in [-0.39, 0.29) is 0 Å². The van der Waals surface area contributed by atoms with E-state index in [1.54, 1.807) is 25.7 Å². The minimum absolute atomic E-state index is 0.597. The van der Waals surface area contributed by atoms with Crippen LogP contribution in [0.2, 0.25) is 0 Å². The van der Waals surface area contributed by atoms with E-state index >= 15 is 0 Å². The summed E-state index contributed by atoms with van der Waals surface area (Å²) in [6.07, 6.45) is 25.3. The van der Waals surface area contributed by atoms with Gasteiger partial charge in [-0.3, -0.25) is 0 Å². The molecule has 6 atom stereocenters. The van der Waals surface area contributed by atoms with Gasteiger partial charge in [0.25, 0.3) is 0 Å². The largest absolute Gasteiger partial charge is 0.378 e. The molecule has 3 aliphatic rings. The SMILES string of the molecule is CCCCCCOC1CCC2C(CCC3CC(CCCCCC)CCC32)C1. The molecule has 3 saturated carbocycles. The molecule has 0 radical (unpaired) electrons. The van der Waals surface area contributed by atoms with Crippen molar-refractivity contribution in [1.29, 1.82) is 0 Å². The van der Waals surface area contributed by atoms with Gasteiger partial charge in [-0.15, -0.1) is 0 Å². The van der Waals surface area contributed by atoms with Crippen LogP contribution in [0.15, 0.2) is 0 Å². The van der Waals surface area contributed by atoms with E-state index in [1.165, 1.54) is 83.5 Å². The predicted molar refractivity (Wildman–Crippen MR) is 117 cm³/mol. The van der Waals surface area contributed by atoms with Crippen molar-refractivity contribution >= 4 is 0 Å². The molecule has 0 amide bonds. The van der Waals surface area contributed by atoms with Crippen molar-refractivity contribution in [2.24, 2.45) is 29.6 Å². The van der Waals surface area contributed by atoms with Crippen LogP contribution < -0.4 is 0 Å². The van der Waals surface area contributed by atoms with E-state index in [0.29, 0.717) is 6.10 Å². The minimum Gasteiger partial charge on any atom is -0.378 e. The van der Waals surface area contributed by atoms with Gasteiger partial charge in [0.2, 0.25) is 0 Å². The standard InChI is InChI=1S/C26H48O/c1-3-5-7-9-11-21-12-16-25-22(19-21)13-14-23-20-24(15-17-26(23)25)27-18-10-8-6-4-2/h21-26H,3-20H2,1-2H3. The topological polar surface area (TPSA) is 9.23 Å². The van der Waals surface area contributed by atoms with Crippen LogP contribution in [-0.4, -0.2) is 12.7 Å². The van der Waals surface area contributed by atoms with E-state index in [2.05, 4.69) is 13.8 Å². The Hall–Kier alpha value is -0.0400. The molecule has 158 valence electrons. The first-order valence-electron chi connectivity index (χ1n) is 12.9. The van der Waals surface area contributed by atoms with E-state index in [0.717, 1.165) is 36.2 Å². The molecule has 3 rings (SSSR count). The van der Waals surface area contributed by atoms with Gasteiger partial charge in [0.05, 0.1) is 6.10 Å². The molecule has 0 N–H and O–H groups in total. The zero-order valence-corrected chi connectivity index (χ0v) is 18.6. The highest BCUT2D eigenvalue weighted by Crippen LogP contribution is 2.53. The molecule has 27 heavy (non-hydrogen) atoms. The summed E-state index contributed by atoms with van der Waals surface area (Å²) in [5.41, 5.74) is 0. The molecule has 0 aromatic carbocycles. The van der Waals surface area contributed by atoms with Crippen LogP contribution in [0.1, 0.15) is 123 Å². The Morgan fingerprint density at radius 2 is 1.30 bits per heavy atom. The first-order valence-corrected chi connectivity index (χ1v) is 12.9. The Bertz CT molecular complexity index is 392. The maximum absolute atomic E-state index is 6.30. The molecule has 0 aromatic rings. The molecule has 1 heteroatoms. The molecule has 0 saturated heterocycles. The predicted octanol–water partition coefficient (Wildman–Crippen LogP) is 8.16. The first-order chi connectivity index (χ1) is 13.3. The van der Waals surface area contributed by atoms with Gasteiger partial charge >= 0.3 is 0 Å². The number of fused-ring (bicyclic) bond motifs is 3. The van der Waals surface area contributed by atoms with Crippen molar-refractivity contribution in [2.75, 3.05) is 6.61 Å². The average molecular weight is 377 g/mol. The zero-order chi connectivity index (χ0) is 18.9. The van der Waals surface area contributed by atoms with Crippen LogP contribution in [-0.2, 0) is 4.74 Å². The average Bonchev–Trinajstić information content (AvgIpc) is 2.70. The van der Waals surface area contributed by atoms with Crippen molar-refractivity contribution < 1.29 is 4.74 Å². The summed E-state index contributed by atoms with van der Waals surface area (Å²) in [5.74, 6) is 5.30. The molecule has 0 aliphatic heterocycles. The Labute approximate surface area is 170 Å². The Morgan fingerprint density at radius 1 is 0.630 bits per heavy atom. The molecule has 1 nitrogen and oxygen atoms in total. The fourth-order valence-electron chi connectivity index (χ4n) is 6.90. The van der Waals surface area contributed by atoms with Gasteiger partial charge in [-0.2, -0.15) is 0 Å². The molecule has 0 bridgehead atoms. The normalized spacial score (nSPS) is 36.2. The molecule has 6 unspecified atom stereocenters. The van der Waals surface area contributed by atoms with Gasteiger partial charge < -0.3 is 4.74 Å². The van der Waals surface area contributed by atoms with E-state index in [1.807, 2.05) is 0 Å². The van der Waals surface area contributed by atoms with Crippen LogP contribution in [0.25, 0.3) is 0 Å². The summed E-state index contributed by atoms with van der Waals surface area (Å²) in [6, 6.07) is 0. The van der Waals surface area contributed by atoms with Gasteiger partial charge in [-0.1, -0.05) is 71.6 Å². The van der Waals surface area contributed by atoms with Crippen molar-refractivity contribution in [1.82, 2.24) is 0 Å². The highest BCUT2D eigenvalue weighted by Gasteiger charge is 2.44. The second-order valence-electron chi connectivity index (χ2n) is 10.3. The third kappa shape index (κ3) is 6.48. The van der Waals surface area contributed by atoms with Gasteiger partial charge in [0.15, 0.2) is 0 Å². The van der Waals surface area contributed by atoms with Crippen LogP contribution in [0, 0.1) is 29.6 Å². The summed E-state index contributed by atoms with van der Waals surface area (Å²) < 4.78 is 6.30. The fourth-order valence-corrected chi connectivity index (χ4v) is 6.90. The molecule has 0 spiro atoms. The third-order valence-corrected chi connectivity index (χ3v) is 8.42. The highest BCUT2D eigenvalue weighted by molar-refractivity contribution is 4.94. The first kappa shape index (κ1) is 21.7. The third-order valence-electron chi connectivity index (χ3n) is 8.42. The lowest BCUT2D eigenvalue weighted by Gasteiger charge is -2.50. The molecule has 3 fully saturated rings. The number of rotatable bonds is 11. The lowest BCUT2D eigenvalue weighted by Crippen LogP contribution is -2.42. The van der Waals surface area contributed by atoms with E-state index in [9.17, 15) is 0 Å². The van der Waals surface area contributed by atoms with Crippen molar-refractivity contribution in [3.8, 4) is 0 Å². The Morgan fingerprint density at radius 3 is 2.04 bits per heavy atom.